The minimum Gasteiger partial charge on any atom is -0.619 e. The van der Waals surface area contributed by atoms with E-state index in [1.165, 1.54) is 24.3 Å². The van der Waals surface area contributed by atoms with Gasteiger partial charge in [-0.3, -0.25) is 4.79 Å². The average Bonchev–Trinajstić information content (AvgIpc) is 2.49. The smallest absolute Gasteiger partial charge is 0.339 e. The van der Waals surface area contributed by atoms with Crippen molar-refractivity contribution in [3.05, 3.63) is 64.9 Å². The predicted molar refractivity (Wildman–Crippen MR) is 75.5 cm³/mol. The fraction of sp³-hybridized carbons (Fsp3) is 0.133. The van der Waals surface area contributed by atoms with Crippen LogP contribution in [0.2, 0.25) is 0 Å². The van der Waals surface area contributed by atoms with E-state index in [0.29, 0.717) is 10.3 Å². The Morgan fingerprint density at radius 1 is 1.27 bits per heavy atom. The van der Waals surface area contributed by atoms with E-state index in [1.807, 2.05) is 0 Å². The quantitative estimate of drug-likeness (QED) is 0.528. The summed E-state index contributed by atoms with van der Waals surface area (Å²) in [5.41, 5.74) is 0.890. The second-order valence-electron chi connectivity index (χ2n) is 4.53. The van der Waals surface area contributed by atoms with Crippen LogP contribution in [-0.2, 0) is 9.53 Å². The van der Waals surface area contributed by atoms with Gasteiger partial charge in [0.2, 0.25) is 0 Å². The molecule has 0 aliphatic rings. The fourth-order valence-corrected chi connectivity index (χ4v) is 1.63. The van der Waals surface area contributed by atoms with Crippen molar-refractivity contribution in [2.24, 2.45) is 0 Å². The molecule has 0 spiro atoms. The third-order valence-corrected chi connectivity index (χ3v) is 2.83. The summed E-state index contributed by atoms with van der Waals surface area (Å²) in [6.45, 7) is 1.09. The Bertz CT molecular complexity index is 701. The molecular weight excluding hydrogens is 291 g/mol. The van der Waals surface area contributed by atoms with Crippen LogP contribution in [0.15, 0.2) is 42.7 Å². The Labute approximate surface area is 125 Å². The molecule has 0 bridgehead atoms. The maximum Gasteiger partial charge on any atom is 0.339 e. The minimum atomic E-state index is -0.731. The van der Waals surface area contributed by atoms with Crippen LogP contribution in [0.25, 0.3) is 0 Å². The molecule has 1 N–H and O–H groups in total. The zero-order chi connectivity index (χ0) is 16.1. The summed E-state index contributed by atoms with van der Waals surface area (Å²) in [7, 11) is 0. The van der Waals surface area contributed by atoms with Crippen LogP contribution in [0.4, 0.5) is 10.1 Å². The summed E-state index contributed by atoms with van der Waals surface area (Å²) in [6, 6.07) is 6.81. The predicted octanol–water partition coefficient (Wildman–Crippen LogP) is 1.56. The Morgan fingerprint density at radius 2 is 1.95 bits per heavy atom. The van der Waals surface area contributed by atoms with Crippen molar-refractivity contribution in [3.8, 4) is 0 Å². The third-order valence-electron chi connectivity index (χ3n) is 2.83. The SMILES string of the molecule is Cc1ccc(NC(=O)COC(=O)c2cc[n+]([O-])cc2)cc1F. The van der Waals surface area contributed by atoms with Gasteiger partial charge in [-0.1, -0.05) is 6.07 Å². The van der Waals surface area contributed by atoms with Gasteiger partial charge in [-0.05, 0) is 24.6 Å². The van der Waals surface area contributed by atoms with E-state index in [-0.39, 0.29) is 11.3 Å². The molecule has 6 nitrogen and oxygen atoms in total. The number of esters is 1. The summed E-state index contributed by atoms with van der Waals surface area (Å²) < 4.78 is 18.7. The van der Waals surface area contributed by atoms with Gasteiger partial charge in [-0.15, -0.1) is 0 Å². The zero-order valence-corrected chi connectivity index (χ0v) is 11.7. The van der Waals surface area contributed by atoms with Crippen molar-refractivity contribution in [3.63, 3.8) is 0 Å². The number of hydrogen-bond donors (Lipinski definition) is 1. The zero-order valence-electron chi connectivity index (χ0n) is 11.7. The number of ether oxygens (including phenoxy) is 1. The molecule has 0 saturated carbocycles. The van der Waals surface area contributed by atoms with Gasteiger partial charge < -0.3 is 15.3 Å². The van der Waals surface area contributed by atoms with E-state index in [9.17, 15) is 19.2 Å². The molecule has 0 unspecified atom stereocenters. The summed E-state index contributed by atoms with van der Waals surface area (Å²) in [5.74, 6) is -1.76. The van der Waals surface area contributed by atoms with E-state index in [2.05, 4.69) is 5.32 Å². The van der Waals surface area contributed by atoms with Crippen LogP contribution < -0.4 is 10.0 Å². The number of anilines is 1. The summed E-state index contributed by atoms with van der Waals surface area (Å²) in [6.07, 6.45) is 2.29. The first kappa shape index (κ1) is 15.4. The maximum absolute atomic E-state index is 13.3. The normalized spacial score (nSPS) is 10.1. The second kappa shape index (κ2) is 6.66. The number of benzene rings is 1. The molecule has 0 atom stereocenters. The third kappa shape index (κ3) is 4.02. The van der Waals surface area contributed by atoms with Gasteiger partial charge in [0.25, 0.3) is 5.91 Å². The first-order valence-corrected chi connectivity index (χ1v) is 6.37. The average molecular weight is 304 g/mol. The highest BCUT2D eigenvalue weighted by molar-refractivity contribution is 5.95. The Balaban J connectivity index is 1.88. The number of pyridine rings is 1. The standard InChI is InChI=1S/C15H13FN2O4/c1-10-2-3-12(8-13(10)16)17-14(19)9-22-15(20)11-4-6-18(21)7-5-11/h2-8H,9H2,1H3,(H,17,19). The number of carbonyl (C=O) groups is 2. The van der Waals surface area contributed by atoms with E-state index >= 15 is 0 Å². The maximum atomic E-state index is 13.3. The van der Waals surface area contributed by atoms with Crippen molar-refractivity contribution >= 4 is 17.6 Å². The lowest BCUT2D eigenvalue weighted by atomic mass is 10.2. The number of aromatic nitrogens is 1. The molecule has 22 heavy (non-hydrogen) atoms. The number of rotatable bonds is 4. The first-order valence-electron chi connectivity index (χ1n) is 6.37. The molecule has 2 rings (SSSR count). The number of nitrogens with zero attached hydrogens (tertiary/aromatic N) is 1. The van der Waals surface area contributed by atoms with Gasteiger partial charge in [0.05, 0.1) is 5.56 Å². The van der Waals surface area contributed by atoms with Crippen LogP contribution in [0.1, 0.15) is 15.9 Å². The van der Waals surface area contributed by atoms with Crippen molar-refractivity contribution in [2.45, 2.75) is 6.92 Å². The van der Waals surface area contributed by atoms with E-state index < -0.39 is 24.3 Å². The highest BCUT2D eigenvalue weighted by Crippen LogP contribution is 2.13. The summed E-state index contributed by atoms with van der Waals surface area (Å²) >= 11 is 0. The van der Waals surface area contributed by atoms with Crippen LogP contribution in [0, 0.1) is 17.9 Å². The van der Waals surface area contributed by atoms with Crippen molar-refractivity contribution in [1.82, 2.24) is 0 Å². The Morgan fingerprint density at radius 3 is 2.59 bits per heavy atom. The lowest BCUT2D eigenvalue weighted by Gasteiger charge is -2.07. The van der Waals surface area contributed by atoms with Crippen LogP contribution in [0.5, 0.6) is 0 Å². The topological polar surface area (TPSA) is 82.3 Å². The molecular formula is C15H13FN2O4. The second-order valence-corrected chi connectivity index (χ2v) is 4.53. The molecule has 1 amide bonds. The largest absolute Gasteiger partial charge is 0.619 e. The van der Waals surface area contributed by atoms with Crippen molar-refractivity contribution in [2.75, 3.05) is 11.9 Å². The van der Waals surface area contributed by atoms with Gasteiger partial charge in [-0.2, -0.15) is 4.73 Å². The lowest BCUT2D eigenvalue weighted by Crippen LogP contribution is -2.25. The minimum absolute atomic E-state index is 0.154. The monoisotopic (exact) mass is 304 g/mol. The molecule has 0 saturated heterocycles. The molecule has 1 heterocycles. The summed E-state index contributed by atoms with van der Waals surface area (Å²) in [5, 5.41) is 13.3. The number of nitrogens with one attached hydrogen (secondary N) is 1. The Kier molecular flexibility index (Phi) is 4.67. The van der Waals surface area contributed by atoms with Crippen LogP contribution in [0.3, 0.4) is 0 Å². The van der Waals surface area contributed by atoms with Crippen LogP contribution in [-0.4, -0.2) is 18.5 Å². The number of carbonyl (C=O) groups excluding carboxylic acids is 2. The lowest BCUT2D eigenvalue weighted by molar-refractivity contribution is -0.605. The summed E-state index contributed by atoms with van der Waals surface area (Å²) in [4.78, 5) is 23.3. The molecule has 2 aromatic rings. The number of aryl methyl sites for hydroxylation is 1. The highest BCUT2D eigenvalue weighted by Gasteiger charge is 2.11. The molecule has 0 aliphatic carbocycles. The molecule has 114 valence electrons. The Hall–Kier alpha value is -2.96. The number of amides is 1. The molecule has 1 aromatic carbocycles. The van der Waals surface area contributed by atoms with E-state index in [4.69, 9.17) is 4.74 Å². The van der Waals surface area contributed by atoms with E-state index in [1.54, 1.807) is 13.0 Å². The number of halogens is 1. The molecule has 1 aromatic heterocycles. The van der Waals surface area contributed by atoms with Crippen molar-refractivity contribution in [1.29, 1.82) is 0 Å². The number of hydrogen-bond acceptors (Lipinski definition) is 4. The van der Waals surface area contributed by atoms with Crippen LogP contribution >= 0.6 is 0 Å². The molecule has 0 fully saturated rings. The molecule has 0 radical (unpaired) electrons. The van der Waals surface area contributed by atoms with Gasteiger partial charge in [0.15, 0.2) is 19.0 Å². The molecule has 7 heteroatoms. The van der Waals surface area contributed by atoms with Crippen molar-refractivity contribution < 1.29 is 23.4 Å². The van der Waals surface area contributed by atoms with Gasteiger partial charge in [-0.25, -0.2) is 9.18 Å². The highest BCUT2D eigenvalue weighted by atomic mass is 19.1. The fourth-order valence-electron chi connectivity index (χ4n) is 1.63. The molecule has 0 aliphatic heterocycles. The first-order chi connectivity index (χ1) is 10.5. The van der Waals surface area contributed by atoms with E-state index in [0.717, 1.165) is 12.4 Å². The van der Waals surface area contributed by atoms with Gasteiger partial charge in [0, 0.05) is 17.8 Å². The van der Waals surface area contributed by atoms with Gasteiger partial charge >= 0.3 is 5.97 Å². The van der Waals surface area contributed by atoms with Gasteiger partial charge in [0.1, 0.15) is 5.82 Å².